The molecule has 1 aliphatic carbocycles. The van der Waals surface area contributed by atoms with Crippen molar-refractivity contribution in [2.45, 2.75) is 44.7 Å². The van der Waals surface area contributed by atoms with Crippen LogP contribution in [0.5, 0.6) is 0 Å². The summed E-state index contributed by atoms with van der Waals surface area (Å²) in [6.07, 6.45) is 5.27. The fourth-order valence-corrected chi connectivity index (χ4v) is 4.22. The van der Waals surface area contributed by atoms with Crippen LogP contribution < -0.4 is 5.32 Å². The summed E-state index contributed by atoms with van der Waals surface area (Å²) >= 11 is 0. The molecule has 0 aromatic heterocycles. The number of carbonyl (C=O) groups is 1. The number of rotatable bonds is 3. The van der Waals surface area contributed by atoms with Crippen LogP contribution in [0.1, 0.15) is 54.1 Å². The monoisotopic (exact) mass is 320 g/mol. The van der Waals surface area contributed by atoms with Gasteiger partial charge in [0.15, 0.2) is 0 Å². The lowest BCUT2D eigenvalue weighted by Gasteiger charge is -2.51. The molecule has 1 atom stereocenters. The highest BCUT2D eigenvalue weighted by Crippen LogP contribution is 2.45. The quantitative estimate of drug-likeness (QED) is 0.900. The summed E-state index contributed by atoms with van der Waals surface area (Å²) in [7, 11) is 0. The largest absolute Gasteiger partial charge is 0.358 e. The molecule has 0 fully saturated rings. The molecule has 1 heterocycles. The van der Waals surface area contributed by atoms with Crippen LogP contribution in [0.2, 0.25) is 0 Å². The summed E-state index contributed by atoms with van der Waals surface area (Å²) in [5.41, 5.74) is 4.00. The number of amides is 1. The number of hydrogen-bond acceptors (Lipinski definition) is 2. The Hall–Kier alpha value is -2.29. The van der Waals surface area contributed by atoms with Gasteiger partial charge in [-0.05, 0) is 43.4 Å². The van der Waals surface area contributed by atoms with Crippen molar-refractivity contribution in [3.8, 4) is 0 Å². The molecule has 0 saturated carbocycles. The van der Waals surface area contributed by atoms with Gasteiger partial charge < -0.3 is 10.2 Å². The minimum Gasteiger partial charge on any atom is -0.358 e. The van der Waals surface area contributed by atoms with Crippen molar-refractivity contribution < 1.29 is 4.79 Å². The molecular weight excluding hydrogens is 296 g/mol. The molecule has 0 radical (unpaired) electrons. The summed E-state index contributed by atoms with van der Waals surface area (Å²) in [4.78, 5) is 15.4. The van der Waals surface area contributed by atoms with Crippen molar-refractivity contribution in [1.82, 2.24) is 4.90 Å². The molecule has 1 N–H and O–H groups in total. The molecule has 124 valence electrons. The first-order valence-electron chi connectivity index (χ1n) is 9.04. The van der Waals surface area contributed by atoms with Gasteiger partial charge in [0.1, 0.15) is 5.66 Å². The highest BCUT2D eigenvalue weighted by Gasteiger charge is 2.47. The molecule has 24 heavy (non-hydrogen) atoms. The van der Waals surface area contributed by atoms with Crippen LogP contribution in [-0.2, 0) is 12.1 Å². The zero-order valence-electron chi connectivity index (χ0n) is 14.2. The lowest BCUT2D eigenvalue weighted by Crippen LogP contribution is -2.59. The van der Waals surface area contributed by atoms with Crippen molar-refractivity contribution in [3.05, 3.63) is 65.2 Å². The van der Waals surface area contributed by atoms with Crippen molar-refractivity contribution in [1.29, 1.82) is 0 Å². The molecule has 0 bridgehead atoms. The van der Waals surface area contributed by atoms with Gasteiger partial charge in [-0.3, -0.25) is 4.79 Å². The zero-order chi connectivity index (χ0) is 16.6. The molecule has 1 aliphatic heterocycles. The third kappa shape index (κ3) is 2.22. The van der Waals surface area contributed by atoms with Gasteiger partial charge in [0.25, 0.3) is 5.91 Å². The average molecular weight is 320 g/mol. The summed E-state index contributed by atoms with van der Waals surface area (Å²) in [5, 5.41) is 3.76. The summed E-state index contributed by atoms with van der Waals surface area (Å²) in [6, 6.07) is 16.5. The van der Waals surface area contributed by atoms with Gasteiger partial charge in [-0.2, -0.15) is 0 Å². The number of anilines is 1. The van der Waals surface area contributed by atoms with Crippen LogP contribution in [0.3, 0.4) is 0 Å². The first-order valence-corrected chi connectivity index (χ1v) is 9.04. The molecule has 0 saturated heterocycles. The molecule has 1 amide bonds. The second-order valence-electron chi connectivity index (χ2n) is 6.85. The molecule has 4 rings (SSSR count). The molecule has 2 aliphatic rings. The van der Waals surface area contributed by atoms with Crippen LogP contribution in [-0.4, -0.2) is 17.4 Å². The normalized spacial score (nSPS) is 22.0. The lowest BCUT2D eigenvalue weighted by atomic mass is 9.79. The van der Waals surface area contributed by atoms with Gasteiger partial charge in [0.2, 0.25) is 0 Å². The first kappa shape index (κ1) is 15.3. The molecule has 2 aromatic carbocycles. The molecular formula is C21H24N2O. The Morgan fingerprint density at radius 1 is 1.12 bits per heavy atom. The van der Waals surface area contributed by atoms with E-state index in [9.17, 15) is 4.79 Å². The van der Waals surface area contributed by atoms with Crippen LogP contribution in [0.25, 0.3) is 0 Å². The van der Waals surface area contributed by atoms with E-state index in [1.54, 1.807) is 0 Å². The molecule has 1 spiro atoms. The second kappa shape index (κ2) is 5.97. The van der Waals surface area contributed by atoms with Crippen molar-refractivity contribution in [2.24, 2.45) is 0 Å². The Kier molecular flexibility index (Phi) is 3.79. The van der Waals surface area contributed by atoms with E-state index in [1.165, 1.54) is 11.1 Å². The molecule has 1 unspecified atom stereocenters. The molecule has 2 aromatic rings. The Bertz CT molecular complexity index is 770. The minimum absolute atomic E-state index is 0.162. The van der Waals surface area contributed by atoms with E-state index in [0.29, 0.717) is 0 Å². The predicted molar refractivity (Wildman–Crippen MR) is 97.1 cm³/mol. The Balaban J connectivity index is 1.88. The number of para-hydroxylation sites is 1. The smallest absolute Gasteiger partial charge is 0.258 e. The predicted octanol–water partition coefficient (Wildman–Crippen LogP) is 4.54. The van der Waals surface area contributed by atoms with Gasteiger partial charge in [0, 0.05) is 17.8 Å². The van der Waals surface area contributed by atoms with Gasteiger partial charge >= 0.3 is 0 Å². The molecule has 3 heteroatoms. The average Bonchev–Trinajstić information content (AvgIpc) is 2.62. The van der Waals surface area contributed by atoms with Crippen LogP contribution in [0, 0.1) is 0 Å². The van der Waals surface area contributed by atoms with E-state index in [0.717, 1.165) is 49.9 Å². The zero-order valence-corrected chi connectivity index (χ0v) is 14.2. The third-order valence-electron chi connectivity index (χ3n) is 5.39. The lowest BCUT2D eigenvalue weighted by molar-refractivity contribution is 0.0443. The van der Waals surface area contributed by atoms with E-state index in [4.69, 9.17) is 0 Å². The summed E-state index contributed by atoms with van der Waals surface area (Å²) < 4.78 is 0. The summed E-state index contributed by atoms with van der Waals surface area (Å²) in [6.45, 7) is 2.97. The Morgan fingerprint density at radius 3 is 2.79 bits per heavy atom. The fourth-order valence-electron chi connectivity index (χ4n) is 4.22. The van der Waals surface area contributed by atoms with E-state index >= 15 is 0 Å². The first-order chi connectivity index (χ1) is 11.8. The van der Waals surface area contributed by atoms with Crippen molar-refractivity contribution >= 4 is 11.6 Å². The highest BCUT2D eigenvalue weighted by molar-refractivity contribution is 6.02. The fraction of sp³-hybridized carbons (Fsp3) is 0.381. The number of hydrogen-bond donors (Lipinski definition) is 1. The van der Waals surface area contributed by atoms with E-state index in [-0.39, 0.29) is 5.91 Å². The topological polar surface area (TPSA) is 32.3 Å². The number of carbonyl (C=O) groups excluding carboxylic acids is 1. The van der Waals surface area contributed by atoms with Gasteiger partial charge in [-0.25, -0.2) is 0 Å². The Morgan fingerprint density at radius 2 is 1.92 bits per heavy atom. The number of fused-ring (bicyclic) bond motifs is 3. The number of nitrogens with zero attached hydrogens (tertiary/aromatic N) is 1. The maximum absolute atomic E-state index is 13.3. The summed E-state index contributed by atoms with van der Waals surface area (Å²) in [5.74, 6) is 0.162. The highest BCUT2D eigenvalue weighted by atomic mass is 16.2. The number of nitrogens with one attached hydrogen (secondary N) is 1. The third-order valence-corrected chi connectivity index (χ3v) is 5.39. The number of aryl methyl sites for hydroxylation is 1. The van der Waals surface area contributed by atoms with Crippen LogP contribution in [0.4, 0.5) is 5.69 Å². The second-order valence-corrected chi connectivity index (χ2v) is 6.85. The standard InChI is InChI=1S/C21H24N2O/c1-2-3-15-23-20(24)17-11-5-7-13-19(17)22-21(23)14-8-10-16-9-4-6-12-18(16)21/h4-7,9,11-13,22H,2-3,8,10,14-15H2,1H3. The van der Waals surface area contributed by atoms with Crippen molar-refractivity contribution in [2.75, 3.05) is 11.9 Å². The van der Waals surface area contributed by atoms with E-state index in [2.05, 4.69) is 41.4 Å². The number of unbranched alkanes of at least 4 members (excludes halogenated alkanes) is 1. The Labute approximate surface area is 143 Å². The van der Waals surface area contributed by atoms with Gasteiger partial charge in [-0.1, -0.05) is 49.7 Å². The van der Waals surface area contributed by atoms with Crippen LogP contribution in [0.15, 0.2) is 48.5 Å². The maximum Gasteiger partial charge on any atom is 0.258 e. The van der Waals surface area contributed by atoms with Gasteiger partial charge in [0.05, 0.1) is 5.56 Å². The number of benzene rings is 2. The van der Waals surface area contributed by atoms with E-state index < -0.39 is 5.66 Å². The minimum atomic E-state index is -0.393. The van der Waals surface area contributed by atoms with E-state index in [1.807, 2.05) is 24.3 Å². The van der Waals surface area contributed by atoms with Crippen LogP contribution >= 0.6 is 0 Å². The van der Waals surface area contributed by atoms with Gasteiger partial charge in [-0.15, -0.1) is 0 Å². The SMILES string of the molecule is CCCCN1C(=O)c2ccccc2NC12CCCc1ccccc12. The molecule has 3 nitrogen and oxygen atoms in total. The maximum atomic E-state index is 13.3. The van der Waals surface area contributed by atoms with Crippen molar-refractivity contribution in [3.63, 3.8) is 0 Å².